The molecule has 0 atom stereocenters. The number of hydrogen-bond acceptors (Lipinski definition) is 3. The molecule has 0 heterocycles. The third-order valence-electron chi connectivity index (χ3n) is 3.68. The van der Waals surface area contributed by atoms with E-state index in [1.165, 1.54) is 25.7 Å². The van der Waals surface area contributed by atoms with Crippen molar-refractivity contribution in [2.75, 3.05) is 26.3 Å². The van der Waals surface area contributed by atoms with Crippen LogP contribution in [0.15, 0.2) is 0 Å². The van der Waals surface area contributed by atoms with Crippen LogP contribution in [0.4, 0.5) is 0 Å². The van der Waals surface area contributed by atoms with Gasteiger partial charge in [0, 0.05) is 26.3 Å². The van der Waals surface area contributed by atoms with E-state index in [4.69, 9.17) is 9.47 Å². The fourth-order valence-electron chi connectivity index (χ4n) is 2.33. The largest absolute Gasteiger partial charge is 0.352 e. The van der Waals surface area contributed by atoms with Gasteiger partial charge < -0.3 is 14.8 Å². The fourth-order valence-corrected chi connectivity index (χ4v) is 2.33. The smallest absolute Gasteiger partial charge is 0.169 e. The van der Waals surface area contributed by atoms with Crippen LogP contribution >= 0.6 is 0 Å². The summed E-state index contributed by atoms with van der Waals surface area (Å²) in [5.41, 5.74) is 0.572. The minimum atomic E-state index is -0.0796. The number of ether oxygens (including phenoxy) is 2. The van der Waals surface area contributed by atoms with E-state index in [0.717, 1.165) is 13.1 Å². The molecule has 3 heteroatoms. The van der Waals surface area contributed by atoms with Crippen LogP contribution in [0.2, 0.25) is 0 Å². The van der Waals surface area contributed by atoms with Crippen molar-refractivity contribution >= 4 is 0 Å². The molecule has 0 aliphatic heterocycles. The predicted octanol–water partition coefficient (Wildman–Crippen LogP) is 2.56. The Kier molecular flexibility index (Phi) is 6.32. The molecule has 0 amide bonds. The van der Waals surface area contributed by atoms with Crippen LogP contribution in [0.5, 0.6) is 0 Å². The molecule has 0 radical (unpaired) electrons. The standard InChI is InChI=1S/C13H27NO2/c1-4-13(8-7-9-13)11-14-10-12(15-5-2)16-6-3/h12,14H,4-11H2,1-3H3. The van der Waals surface area contributed by atoms with E-state index >= 15 is 0 Å². The normalized spacial score (nSPS) is 18.8. The van der Waals surface area contributed by atoms with Gasteiger partial charge in [0.05, 0.1) is 0 Å². The third kappa shape index (κ3) is 4.04. The molecule has 1 N–H and O–H groups in total. The Balaban J connectivity index is 2.16. The van der Waals surface area contributed by atoms with Gasteiger partial charge in [-0.25, -0.2) is 0 Å². The van der Waals surface area contributed by atoms with Gasteiger partial charge in [-0.3, -0.25) is 0 Å². The summed E-state index contributed by atoms with van der Waals surface area (Å²) in [5.74, 6) is 0. The van der Waals surface area contributed by atoms with Crippen molar-refractivity contribution in [1.82, 2.24) is 5.32 Å². The van der Waals surface area contributed by atoms with Crippen molar-refractivity contribution in [3.63, 3.8) is 0 Å². The summed E-state index contributed by atoms with van der Waals surface area (Å²) in [6.45, 7) is 9.65. The van der Waals surface area contributed by atoms with Crippen LogP contribution < -0.4 is 5.32 Å². The van der Waals surface area contributed by atoms with E-state index in [1.54, 1.807) is 0 Å². The number of rotatable bonds is 9. The second-order valence-corrected chi connectivity index (χ2v) is 4.68. The molecule has 1 rings (SSSR count). The molecule has 0 spiro atoms. The highest BCUT2D eigenvalue weighted by atomic mass is 16.7. The summed E-state index contributed by atoms with van der Waals surface area (Å²) in [4.78, 5) is 0. The van der Waals surface area contributed by atoms with E-state index in [0.29, 0.717) is 18.6 Å². The maximum Gasteiger partial charge on any atom is 0.169 e. The Hall–Kier alpha value is -0.120. The van der Waals surface area contributed by atoms with Gasteiger partial charge in [-0.1, -0.05) is 13.3 Å². The second-order valence-electron chi connectivity index (χ2n) is 4.68. The highest BCUT2D eigenvalue weighted by Crippen LogP contribution is 2.42. The van der Waals surface area contributed by atoms with Gasteiger partial charge in [-0.05, 0) is 38.5 Å². The third-order valence-corrected chi connectivity index (χ3v) is 3.68. The predicted molar refractivity (Wildman–Crippen MR) is 66.5 cm³/mol. The Morgan fingerprint density at radius 1 is 1.12 bits per heavy atom. The minimum Gasteiger partial charge on any atom is -0.352 e. The summed E-state index contributed by atoms with van der Waals surface area (Å²) in [7, 11) is 0. The minimum absolute atomic E-state index is 0.0796. The first-order valence-electron chi connectivity index (χ1n) is 6.70. The molecule has 0 aromatic rings. The van der Waals surface area contributed by atoms with Gasteiger partial charge in [0.1, 0.15) is 0 Å². The second kappa shape index (κ2) is 7.25. The molecule has 96 valence electrons. The topological polar surface area (TPSA) is 30.5 Å². The van der Waals surface area contributed by atoms with Gasteiger partial charge in [0.2, 0.25) is 0 Å². The van der Waals surface area contributed by atoms with Crippen molar-refractivity contribution in [3.05, 3.63) is 0 Å². The van der Waals surface area contributed by atoms with Gasteiger partial charge >= 0.3 is 0 Å². The molecular weight excluding hydrogens is 202 g/mol. The van der Waals surface area contributed by atoms with E-state index < -0.39 is 0 Å². The van der Waals surface area contributed by atoms with E-state index in [-0.39, 0.29) is 6.29 Å². The lowest BCUT2D eigenvalue weighted by atomic mass is 9.67. The average molecular weight is 229 g/mol. The Bertz CT molecular complexity index is 169. The van der Waals surface area contributed by atoms with Gasteiger partial charge in [-0.2, -0.15) is 0 Å². The van der Waals surface area contributed by atoms with Crippen LogP contribution in [0.3, 0.4) is 0 Å². The lowest BCUT2D eigenvalue weighted by molar-refractivity contribution is -0.133. The van der Waals surface area contributed by atoms with Crippen molar-refractivity contribution < 1.29 is 9.47 Å². The Labute approximate surface area is 99.9 Å². The van der Waals surface area contributed by atoms with Crippen LogP contribution in [-0.4, -0.2) is 32.6 Å². The molecule has 1 aliphatic carbocycles. The molecule has 1 aliphatic rings. The Morgan fingerprint density at radius 2 is 1.75 bits per heavy atom. The van der Waals surface area contributed by atoms with Crippen molar-refractivity contribution in [2.24, 2.45) is 5.41 Å². The van der Waals surface area contributed by atoms with Gasteiger partial charge in [0.15, 0.2) is 6.29 Å². The first-order chi connectivity index (χ1) is 7.76. The molecule has 0 saturated heterocycles. The lowest BCUT2D eigenvalue weighted by Crippen LogP contribution is -2.42. The monoisotopic (exact) mass is 229 g/mol. The summed E-state index contributed by atoms with van der Waals surface area (Å²) >= 11 is 0. The molecular formula is C13H27NO2. The molecule has 1 saturated carbocycles. The summed E-state index contributed by atoms with van der Waals surface area (Å²) < 4.78 is 11.0. The Morgan fingerprint density at radius 3 is 2.12 bits per heavy atom. The molecule has 0 bridgehead atoms. The first-order valence-corrected chi connectivity index (χ1v) is 6.70. The quantitative estimate of drug-likeness (QED) is 0.616. The summed E-state index contributed by atoms with van der Waals surface area (Å²) in [5, 5.41) is 3.50. The zero-order chi connectivity index (χ0) is 11.9. The van der Waals surface area contributed by atoms with Crippen LogP contribution in [0.25, 0.3) is 0 Å². The van der Waals surface area contributed by atoms with Crippen LogP contribution in [0, 0.1) is 5.41 Å². The number of hydrogen-bond donors (Lipinski definition) is 1. The molecule has 3 nitrogen and oxygen atoms in total. The average Bonchev–Trinajstić information content (AvgIpc) is 2.22. The van der Waals surface area contributed by atoms with E-state index in [2.05, 4.69) is 12.2 Å². The molecule has 0 aromatic heterocycles. The zero-order valence-electron chi connectivity index (χ0n) is 11.1. The lowest BCUT2D eigenvalue weighted by Gasteiger charge is -2.41. The first kappa shape index (κ1) is 13.9. The maximum absolute atomic E-state index is 5.50. The van der Waals surface area contributed by atoms with E-state index in [9.17, 15) is 0 Å². The van der Waals surface area contributed by atoms with Crippen LogP contribution in [0.1, 0.15) is 46.5 Å². The highest BCUT2D eigenvalue weighted by Gasteiger charge is 2.34. The molecule has 0 unspecified atom stereocenters. The molecule has 1 fully saturated rings. The molecule has 16 heavy (non-hydrogen) atoms. The SMILES string of the molecule is CCOC(CNCC1(CC)CCC1)OCC. The van der Waals surface area contributed by atoms with E-state index in [1.807, 2.05) is 13.8 Å². The van der Waals surface area contributed by atoms with Gasteiger partial charge in [0.25, 0.3) is 0 Å². The zero-order valence-corrected chi connectivity index (χ0v) is 11.1. The molecule has 0 aromatic carbocycles. The maximum atomic E-state index is 5.50. The van der Waals surface area contributed by atoms with Crippen molar-refractivity contribution in [2.45, 2.75) is 52.7 Å². The van der Waals surface area contributed by atoms with Crippen LogP contribution in [-0.2, 0) is 9.47 Å². The highest BCUT2D eigenvalue weighted by molar-refractivity contribution is 4.88. The fraction of sp³-hybridized carbons (Fsp3) is 1.00. The van der Waals surface area contributed by atoms with Crippen molar-refractivity contribution in [1.29, 1.82) is 0 Å². The summed E-state index contributed by atoms with van der Waals surface area (Å²) in [6.07, 6.45) is 5.36. The number of nitrogens with one attached hydrogen (secondary N) is 1. The summed E-state index contributed by atoms with van der Waals surface area (Å²) in [6, 6.07) is 0. The van der Waals surface area contributed by atoms with Crippen molar-refractivity contribution in [3.8, 4) is 0 Å². The van der Waals surface area contributed by atoms with Gasteiger partial charge in [-0.15, -0.1) is 0 Å².